The van der Waals surface area contributed by atoms with Gasteiger partial charge in [-0.3, -0.25) is 9.79 Å². The number of amides is 2. The van der Waals surface area contributed by atoms with Gasteiger partial charge in [-0.05, 0) is 39.3 Å². The molecule has 8 nitrogen and oxygen atoms in total. The molecule has 3 N–H and O–H groups in total. The number of hydrogen-bond acceptors (Lipinski definition) is 4. The Morgan fingerprint density at radius 3 is 2.54 bits per heavy atom. The van der Waals surface area contributed by atoms with Crippen molar-refractivity contribution in [2.24, 2.45) is 4.99 Å². The molecule has 156 valence electrons. The molecular formula is C19H30IN5O3. The second-order valence-electron chi connectivity index (χ2n) is 7.39. The van der Waals surface area contributed by atoms with Crippen LogP contribution in [0.2, 0.25) is 0 Å². The lowest BCUT2D eigenvalue weighted by Gasteiger charge is -2.23. The first kappa shape index (κ1) is 24.0. The van der Waals surface area contributed by atoms with E-state index in [1.807, 2.05) is 56.0 Å². The predicted molar refractivity (Wildman–Crippen MR) is 121 cm³/mol. The highest BCUT2D eigenvalue weighted by Gasteiger charge is 2.28. The van der Waals surface area contributed by atoms with Gasteiger partial charge in [-0.2, -0.15) is 0 Å². The molecule has 1 aromatic carbocycles. The Balaban J connectivity index is 0.00000392. The number of aliphatic imine (C=N–C) groups is 1. The number of nitrogens with zero attached hydrogens (tertiary/aromatic N) is 2. The van der Waals surface area contributed by atoms with Crippen LogP contribution in [0.5, 0.6) is 0 Å². The summed E-state index contributed by atoms with van der Waals surface area (Å²) in [7, 11) is 1.67. The first-order valence-electron chi connectivity index (χ1n) is 9.07. The highest BCUT2D eigenvalue weighted by atomic mass is 127. The molecule has 0 bridgehead atoms. The molecule has 9 heteroatoms. The highest BCUT2D eigenvalue weighted by Crippen LogP contribution is 2.12. The van der Waals surface area contributed by atoms with Gasteiger partial charge < -0.3 is 25.6 Å². The molecule has 28 heavy (non-hydrogen) atoms. The summed E-state index contributed by atoms with van der Waals surface area (Å²) >= 11 is 0. The Labute approximate surface area is 183 Å². The van der Waals surface area contributed by atoms with E-state index >= 15 is 0 Å². The van der Waals surface area contributed by atoms with E-state index in [0.717, 1.165) is 18.7 Å². The van der Waals surface area contributed by atoms with Crippen LogP contribution >= 0.6 is 24.0 Å². The Kier molecular flexibility index (Phi) is 9.50. The van der Waals surface area contributed by atoms with Crippen molar-refractivity contribution in [1.29, 1.82) is 0 Å². The summed E-state index contributed by atoms with van der Waals surface area (Å²) in [4.78, 5) is 30.2. The Morgan fingerprint density at radius 1 is 1.25 bits per heavy atom. The second-order valence-corrected chi connectivity index (χ2v) is 7.39. The molecule has 0 spiro atoms. The summed E-state index contributed by atoms with van der Waals surface area (Å²) in [5.41, 5.74) is 0.230. The van der Waals surface area contributed by atoms with Crippen molar-refractivity contribution in [1.82, 2.24) is 15.5 Å². The van der Waals surface area contributed by atoms with Crippen molar-refractivity contribution >= 4 is 47.6 Å². The van der Waals surface area contributed by atoms with Crippen LogP contribution in [-0.2, 0) is 9.53 Å². The van der Waals surface area contributed by atoms with Crippen molar-refractivity contribution in [3.8, 4) is 0 Å². The lowest BCUT2D eigenvalue weighted by molar-refractivity contribution is -0.115. The molecule has 1 heterocycles. The fourth-order valence-electron chi connectivity index (χ4n) is 2.76. The number of alkyl carbamates (subject to hydrolysis) is 1. The van der Waals surface area contributed by atoms with Gasteiger partial charge in [0.15, 0.2) is 5.96 Å². The molecule has 0 saturated carbocycles. The fourth-order valence-corrected chi connectivity index (χ4v) is 2.76. The van der Waals surface area contributed by atoms with E-state index in [0.29, 0.717) is 12.5 Å². The van der Waals surface area contributed by atoms with E-state index in [4.69, 9.17) is 4.74 Å². The topological polar surface area (TPSA) is 95.1 Å². The molecule has 0 aromatic heterocycles. The molecule has 1 fully saturated rings. The van der Waals surface area contributed by atoms with Crippen LogP contribution in [0.15, 0.2) is 35.3 Å². The summed E-state index contributed by atoms with van der Waals surface area (Å²) in [6.45, 7) is 6.96. The maximum absolute atomic E-state index is 12.1. The number of para-hydroxylation sites is 1. The van der Waals surface area contributed by atoms with Crippen LogP contribution in [0.3, 0.4) is 0 Å². The first-order valence-corrected chi connectivity index (χ1v) is 9.07. The average Bonchev–Trinajstić information content (AvgIpc) is 3.02. The Morgan fingerprint density at radius 2 is 1.93 bits per heavy atom. The maximum atomic E-state index is 12.1. The zero-order valence-corrected chi connectivity index (χ0v) is 19.2. The zero-order valence-electron chi connectivity index (χ0n) is 16.8. The molecule has 1 aromatic rings. The molecular weight excluding hydrogens is 473 g/mol. The molecule has 2 rings (SSSR count). The number of rotatable bonds is 4. The van der Waals surface area contributed by atoms with Crippen LogP contribution in [-0.4, -0.2) is 61.2 Å². The molecule has 1 saturated heterocycles. The highest BCUT2D eigenvalue weighted by molar-refractivity contribution is 14.0. The first-order chi connectivity index (χ1) is 12.8. The van der Waals surface area contributed by atoms with E-state index in [2.05, 4.69) is 20.9 Å². The zero-order chi connectivity index (χ0) is 19.9. The number of carbonyl (C=O) groups is 2. The van der Waals surface area contributed by atoms with Crippen LogP contribution < -0.4 is 16.0 Å². The van der Waals surface area contributed by atoms with Crippen LogP contribution in [0, 0.1) is 0 Å². The minimum absolute atomic E-state index is 0. The normalized spacial score (nSPS) is 16.8. The van der Waals surface area contributed by atoms with Gasteiger partial charge in [0.05, 0.1) is 12.6 Å². The molecule has 2 amide bonds. The van der Waals surface area contributed by atoms with Gasteiger partial charge in [0.1, 0.15) is 5.60 Å². The van der Waals surface area contributed by atoms with Gasteiger partial charge in [-0.15, -0.1) is 24.0 Å². The Hall–Kier alpha value is -2.04. The van der Waals surface area contributed by atoms with E-state index in [9.17, 15) is 9.59 Å². The van der Waals surface area contributed by atoms with Gasteiger partial charge >= 0.3 is 6.09 Å². The van der Waals surface area contributed by atoms with Crippen molar-refractivity contribution in [3.05, 3.63) is 30.3 Å². The minimum Gasteiger partial charge on any atom is -0.444 e. The lowest BCUT2D eigenvalue weighted by atomic mass is 10.2. The van der Waals surface area contributed by atoms with E-state index in [-0.39, 0.29) is 42.5 Å². The van der Waals surface area contributed by atoms with Crippen LogP contribution in [0.25, 0.3) is 0 Å². The quantitative estimate of drug-likeness (QED) is 0.334. The van der Waals surface area contributed by atoms with E-state index in [1.54, 1.807) is 7.05 Å². The number of guanidine groups is 1. The third-order valence-corrected chi connectivity index (χ3v) is 3.89. The van der Waals surface area contributed by atoms with Crippen molar-refractivity contribution in [2.75, 3.05) is 32.0 Å². The van der Waals surface area contributed by atoms with Gasteiger partial charge in [0.25, 0.3) is 0 Å². The maximum Gasteiger partial charge on any atom is 0.407 e. The van der Waals surface area contributed by atoms with E-state index in [1.165, 1.54) is 0 Å². The summed E-state index contributed by atoms with van der Waals surface area (Å²) in [6, 6.07) is 9.27. The summed E-state index contributed by atoms with van der Waals surface area (Å²) < 4.78 is 5.29. The number of carbonyl (C=O) groups excluding carboxylic acids is 2. The standard InChI is InChI=1S/C19H29N5O3.HI/c1-19(2,3)27-18(26)23-15-10-11-24(13-15)17(20-4)21-12-16(25)22-14-8-6-5-7-9-14;/h5-9,15H,10-13H2,1-4H3,(H,20,21)(H,22,25)(H,23,26);1H. The lowest BCUT2D eigenvalue weighted by Crippen LogP contribution is -2.45. The van der Waals surface area contributed by atoms with Gasteiger partial charge in [-0.25, -0.2) is 4.79 Å². The second kappa shape index (κ2) is 11.1. The van der Waals surface area contributed by atoms with Crippen molar-refractivity contribution in [3.63, 3.8) is 0 Å². The number of likely N-dealkylation sites (tertiary alicyclic amines) is 1. The number of ether oxygens (including phenoxy) is 1. The molecule has 1 aliphatic heterocycles. The number of hydrogen-bond donors (Lipinski definition) is 3. The fraction of sp³-hybridized carbons (Fsp3) is 0.526. The van der Waals surface area contributed by atoms with E-state index < -0.39 is 11.7 Å². The van der Waals surface area contributed by atoms with Crippen molar-refractivity contribution < 1.29 is 14.3 Å². The van der Waals surface area contributed by atoms with Gasteiger partial charge in [-0.1, -0.05) is 18.2 Å². The smallest absolute Gasteiger partial charge is 0.407 e. The SMILES string of the molecule is CN=C(NCC(=O)Nc1ccccc1)N1CCC(NC(=O)OC(C)(C)C)C1.I. The molecule has 0 radical (unpaired) electrons. The van der Waals surface area contributed by atoms with Crippen LogP contribution in [0.1, 0.15) is 27.2 Å². The molecule has 0 aliphatic carbocycles. The monoisotopic (exact) mass is 503 g/mol. The third-order valence-electron chi connectivity index (χ3n) is 3.89. The van der Waals surface area contributed by atoms with Crippen LogP contribution in [0.4, 0.5) is 10.5 Å². The van der Waals surface area contributed by atoms with Gasteiger partial charge in [0, 0.05) is 25.8 Å². The summed E-state index contributed by atoms with van der Waals surface area (Å²) in [6.07, 6.45) is 0.371. The molecule has 1 aliphatic rings. The predicted octanol–water partition coefficient (Wildman–Crippen LogP) is 2.42. The summed E-state index contributed by atoms with van der Waals surface area (Å²) in [5.74, 6) is 0.483. The number of benzene rings is 1. The summed E-state index contributed by atoms with van der Waals surface area (Å²) in [5, 5.41) is 8.76. The molecule has 1 atom stereocenters. The van der Waals surface area contributed by atoms with Crippen molar-refractivity contribution in [2.45, 2.75) is 38.8 Å². The van der Waals surface area contributed by atoms with Gasteiger partial charge in [0.2, 0.25) is 5.91 Å². The third kappa shape index (κ3) is 8.32. The number of anilines is 1. The molecule has 1 unspecified atom stereocenters. The number of halogens is 1. The number of nitrogens with one attached hydrogen (secondary N) is 3. The largest absolute Gasteiger partial charge is 0.444 e. The Bertz CT molecular complexity index is 676. The average molecular weight is 503 g/mol. The minimum atomic E-state index is -0.522.